The van der Waals surface area contributed by atoms with Crippen molar-refractivity contribution in [1.82, 2.24) is 0 Å². The van der Waals surface area contributed by atoms with E-state index in [9.17, 15) is 0 Å². The second-order valence-electron chi connectivity index (χ2n) is 9.71. The van der Waals surface area contributed by atoms with Crippen LogP contribution in [0.25, 0.3) is 0 Å². The molecule has 0 amide bonds. The summed E-state index contributed by atoms with van der Waals surface area (Å²) in [7, 11) is 0. The number of ether oxygens (including phenoxy) is 1. The molecule has 0 spiro atoms. The summed E-state index contributed by atoms with van der Waals surface area (Å²) in [6.45, 7) is 13.4. The zero-order valence-corrected chi connectivity index (χ0v) is 21.1. The molecule has 1 unspecified atom stereocenters. The molecule has 1 atom stereocenters. The van der Waals surface area contributed by atoms with E-state index < -0.39 is 0 Å². The Bertz CT molecular complexity index is 718. The fourth-order valence-corrected chi connectivity index (χ4v) is 3.72. The average Bonchev–Trinajstić information content (AvgIpc) is 3.33. The fraction of sp³-hybridized carbons (Fsp3) is 0.600. The molecule has 0 bridgehead atoms. The summed E-state index contributed by atoms with van der Waals surface area (Å²) < 4.78 is 5.67. The van der Waals surface area contributed by atoms with Gasteiger partial charge in [0.25, 0.3) is 0 Å². The minimum atomic E-state index is 0.127. The lowest BCUT2D eigenvalue weighted by molar-refractivity contribution is 0.320. The predicted octanol–water partition coefficient (Wildman–Crippen LogP) is 9.04. The number of hydrogen-bond donors (Lipinski definition) is 0. The first kappa shape index (κ1) is 27.3. The van der Waals surface area contributed by atoms with Crippen LogP contribution in [0.2, 0.25) is 0 Å². The Hall–Kier alpha value is -1.78. The van der Waals surface area contributed by atoms with Crippen molar-refractivity contribution in [2.45, 2.75) is 117 Å². The van der Waals surface area contributed by atoms with Crippen molar-refractivity contribution in [2.75, 3.05) is 0 Å². The van der Waals surface area contributed by atoms with E-state index >= 15 is 0 Å². The smallest absolute Gasteiger partial charge is 0.0892 e. The van der Waals surface area contributed by atoms with Gasteiger partial charge in [0.2, 0.25) is 0 Å². The first-order chi connectivity index (χ1) is 14.7. The number of hydrogen-bond acceptors (Lipinski definition) is 1. The molecule has 1 aliphatic rings. The molecule has 0 N–H and O–H groups in total. The van der Waals surface area contributed by atoms with E-state index in [0.29, 0.717) is 6.10 Å². The van der Waals surface area contributed by atoms with Crippen molar-refractivity contribution in [2.24, 2.45) is 0 Å². The van der Waals surface area contributed by atoms with Crippen molar-refractivity contribution in [3.05, 3.63) is 58.7 Å². The van der Waals surface area contributed by atoms with Crippen LogP contribution in [-0.2, 0) is 4.74 Å². The highest BCUT2D eigenvalue weighted by atomic mass is 16.6. The van der Waals surface area contributed by atoms with E-state index in [-0.39, 0.29) is 5.60 Å². The third kappa shape index (κ3) is 14.0. The second-order valence-corrected chi connectivity index (χ2v) is 9.71. The number of epoxide rings is 1. The first-order valence-corrected chi connectivity index (χ1v) is 12.2. The van der Waals surface area contributed by atoms with Gasteiger partial charge in [0.15, 0.2) is 0 Å². The molecule has 0 aromatic rings. The maximum atomic E-state index is 5.67. The highest BCUT2D eigenvalue weighted by Gasteiger charge is 2.46. The number of rotatable bonds is 15. The van der Waals surface area contributed by atoms with Gasteiger partial charge in [0, 0.05) is 0 Å². The predicted molar refractivity (Wildman–Crippen MR) is 138 cm³/mol. The lowest BCUT2D eigenvalue weighted by atomic mass is 10.0. The Morgan fingerprint density at radius 2 is 1.16 bits per heavy atom. The van der Waals surface area contributed by atoms with Crippen molar-refractivity contribution in [3.63, 3.8) is 0 Å². The van der Waals surface area contributed by atoms with Gasteiger partial charge in [-0.3, -0.25) is 0 Å². The van der Waals surface area contributed by atoms with Gasteiger partial charge in [0.05, 0.1) is 11.7 Å². The summed E-state index contributed by atoms with van der Waals surface area (Å²) >= 11 is 0. The molecule has 1 heteroatoms. The normalized spacial score (nSPS) is 19.7. The molecule has 0 aromatic heterocycles. The van der Waals surface area contributed by atoms with Crippen LogP contribution in [0.5, 0.6) is 0 Å². The van der Waals surface area contributed by atoms with Crippen LogP contribution in [0.1, 0.15) is 106 Å². The third-order valence-electron chi connectivity index (χ3n) is 6.10. The average molecular weight is 423 g/mol. The fourth-order valence-electron chi connectivity index (χ4n) is 3.72. The maximum Gasteiger partial charge on any atom is 0.0892 e. The minimum absolute atomic E-state index is 0.127. The quantitative estimate of drug-likeness (QED) is 0.111. The monoisotopic (exact) mass is 422 g/mol. The van der Waals surface area contributed by atoms with Crippen LogP contribution in [0.15, 0.2) is 58.7 Å². The van der Waals surface area contributed by atoms with Crippen molar-refractivity contribution in [3.8, 4) is 12.3 Å². The Morgan fingerprint density at radius 1 is 0.742 bits per heavy atom. The lowest BCUT2D eigenvalue weighted by Crippen LogP contribution is -2.02. The minimum Gasteiger partial charge on any atom is -0.367 e. The molecule has 1 heterocycles. The molecule has 0 radical (unpaired) electrons. The molecule has 1 saturated heterocycles. The Morgan fingerprint density at radius 3 is 1.61 bits per heavy atom. The van der Waals surface area contributed by atoms with Crippen LogP contribution in [-0.4, -0.2) is 11.7 Å². The van der Waals surface area contributed by atoms with E-state index in [1.807, 2.05) is 0 Å². The summed E-state index contributed by atoms with van der Waals surface area (Å²) in [5.74, 6) is 2.54. The van der Waals surface area contributed by atoms with Gasteiger partial charge in [-0.05, 0) is 112 Å². The van der Waals surface area contributed by atoms with E-state index in [2.05, 4.69) is 77.8 Å². The molecule has 1 fully saturated rings. The van der Waals surface area contributed by atoms with Crippen LogP contribution in [0.3, 0.4) is 0 Å². The van der Waals surface area contributed by atoms with Crippen molar-refractivity contribution < 1.29 is 4.74 Å². The maximum absolute atomic E-state index is 5.67. The van der Waals surface area contributed by atoms with Gasteiger partial charge in [-0.2, -0.15) is 0 Å². The summed E-state index contributed by atoms with van der Waals surface area (Å²) in [5, 5.41) is 0. The summed E-state index contributed by atoms with van der Waals surface area (Å²) in [4.78, 5) is 0. The molecular weight excluding hydrogens is 376 g/mol. The van der Waals surface area contributed by atoms with Gasteiger partial charge >= 0.3 is 0 Å². The Labute approximate surface area is 193 Å². The second kappa shape index (κ2) is 15.1. The van der Waals surface area contributed by atoms with Gasteiger partial charge < -0.3 is 4.74 Å². The Kier molecular flexibility index (Phi) is 13.3. The standard InChI is InChI=1S/C30H46O/c1-8-9-10-11-16-25(2)19-14-20-26(3)17-12-13-18-27(4)21-15-22-28(5)23-24-29-30(6,7)31-29/h1,9-10,17-19,22,29H,11-16,20-21,23-24H2,2-7H3/b10-9-,25-19+,26-17+,27-18+,28-22+. The number of unbranched alkanes of at least 4 members (excludes halogenated alkanes) is 1. The largest absolute Gasteiger partial charge is 0.367 e. The molecule has 1 rings (SSSR count). The van der Waals surface area contributed by atoms with Crippen LogP contribution in [0.4, 0.5) is 0 Å². The van der Waals surface area contributed by atoms with Crippen molar-refractivity contribution >= 4 is 0 Å². The zero-order valence-electron chi connectivity index (χ0n) is 21.1. The van der Waals surface area contributed by atoms with Crippen LogP contribution in [0, 0.1) is 12.3 Å². The molecule has 172 valence electrons. The summed E-state index contributed by atoms with van der Waals surface area (Å²) in [6, 6.07) is 0. The lowest BCUT2D eigenvalue weighted by Gasteiger charge is -2.03. The van der Waals surface area contributed by atoms with E-state index in [1.165, 1.54) is 35.1 Å². The molecule has 1 nitrogen and oxygen atoms in total. The zero-order chi connectivity index (χ0) is 23.1. The molecule has 31 heavy (non-hydrogen) atoms. The molecule has 0 aliphatic carbocycles. The van der Waals surface area contributed by atoms with Gasteiger partial charge in [0.1, 0.15) is 0 Å². The van der Waals surface area contributed by atoms with E-state index in [0.717, 1.165) is 51.4 Å². The Balaban J connectivity index is 2.15. The first-order valence-electron chi connectivity index (χ1n) is 12.2. The topological polar surface area (TPSA) is 12.5 Å². The van der Waals surface area contributed by atoms with Crippen LogP contribution < -0.4 is 0 Å². The molecular formula is C30H46O. The molecule has 0 aromatic carbocycles. The summed E-state index contributed by atoms with van der Waals surface area (Å²) in [6.07, 6.45) is 30.6. The van der Waals surface area contributed by atoms with Gasteiger partial charge in [-0.1, -0.05) is 58.6 Å². The highest BCUT2D eigenvalue weighted by Crippen LogP contribution is 2.38. The van der Waals surface area contributed by atoms with E-state index in [4.69, 9.17) is 11.2 Å². The van der Waals surface area contributed by atoms with Gasteiger partial charge in [-0.15, -0.1) is 6.42 Å². The van der Waals surface area contributed by atoms with E-state index in [1.54, 1.807) is 6.08 Å². The third-order valence-corrected chi connectivity index (χ3v) is 6.10. The summed E-state index contributed by atoms with van der Waals surface area (Å²) in [5.41, 5.74) is 6.11. The molecule has 0 saturated carbocycles. The highest BCUT2D eigenvalue weighted by molar-refractivity contribution is 5.10. The van der Waals surface area contributed by atoms with Gasteiger partial charge in [-0.25, -0.2) is 0 Å². The molecule has 1 aliphatic heterocycles. The van der Waals surface area contributed by atoms with Crippen molar-refractivity contribution in [1.29, 1.82) is 0 Å². The van der Waals surface area contributed by atoms with Crippen LogP contribution >= 0.6 is 0 Å². The SMILES string of the molecule is C#C/C=C\CC/C(C)=C/CC/C(C)=C/CC/C=C(\C)CC/C=C(\C)CCC1OC1(C)C. The number of allylic oxidation sites excluding steroid dienone is 10. The number of terminal acetylenes is 1.